The van der Waals surface area contributed by atoms with E-state index in [9.17, 15) is 0 Å². The number of nitrogens with two attached hydrogens (primary N) is 1. The topological polar surface area (TPSA) is 46.2 Å². The van der Waals surface area contributed by atoms with Crippen LogP contribution in [-0.4, -0.2) is 17.8 Å². The molecule has 2 nitrogen and oxygen atoms in total. The van der Waals surface area contributed by atoms with Gasteiger partial charge in [0.05, 0.1) is 6.61 Å². The third-order valence-corrected chi connectivity index (χ3v) is 1.80. The van der Waals surface area contributed by atoms with Crippen LogP contribution in [0.1, 0.15) is 19.3 Å². The van der Waals surface area contributed by atoms with E-state index in [1.165, 1.54) is 5.57 Å². The van der Waals surface area contributed by atoms with Crippen molar-refractivity contribution in [2.45, 2.75) is 25.3 Å². The van der Waals surface area contributed by atoms with E-state index in [1.807, 2.05) is 0 Å². The van der Waals surface area contributed by atoms with Gasteiger partial charge in [-0.2, -0.15) is 0 Å². The van der Waals surface area contributed by atoms with Crippen molar-refractivity contribution in [3.63, 3.8) is 0 Å². The smallest absolute Gasteiger partial charge is 0.0585 e. The van der Waals surface area contributed by atoms with Crippen LogP contribution in [0.5, 0.6) is 0 Å². The van der Waals surface area contributed by atoms with E-state index in [0.29, 0.717) is 0 Å². The lowest BCUT2D eigenvalue weighted by molar-refractivity contribution is 0.265. The van der Waals surface area contributed by atoms with Gasteiger partial charge in [-0.25, -0.2) is 0 Å². The van der Waals surface area contributed by atoms with Gasteiger partial charge in [0.1, 0.15) is 0 Å². The fourth-order valence-electron chi connectivity index (χ4n) is 1.19. The zero-order valence-electron chi connectivity index (χ0n) is 6.66. The first-order chi connectivity index (χ1) is 5.33. The Labute approximate surface area is 67.4 Å². The van der Waals surface area contributed by atoms with E-state index in [-0.39, 0.29) is 12.6 Å². The molecule has 0 heterocycles. The van der Waals surface area contributed by atoms with Gasteiger partial charge < -0.3 is 10.8 Å². The molecule has 0 radical (unpaired) electrons. The highest BCUT2D eigenvalue weighted by Gasteiger charge is 2.03. The summed E-state index contributed by atoms with van der Waals surface area (Å²) in [5.74, 6) is 0. The Bertz CT molecular complexity index is 172. The van der Waals surface area contributed by atoms with Crippen molar-refractivity contribution < 1.29 is 5.11 Å². The van der Waals surface area contributed by atoms with Gasteiger partial charge in [0, 0.05) is 6.04 Å². The number of aliphatic hydroxyl groups excluding tert-OH is 1. The Morgan fingerprint density at radius 2 is 2.36 bits per heavy atom. The minimum absolute atomic E-state index is 0.0746. The average Bonchev–Trinajstić information content (AvgIpc) is 2.06. The molecule has 0 aromatic rings. The number of aliphatic hydroxyl groups is 1. The lowest BCUT2D eigenvalue weighted by Gasteiger charge is -2.10. The normalized spacial score (nSPS) is 19.6. The van der Waals surface area contributed by atoms with E-state index in [0.717, 1.165) is 19.3 Å². The molecule has 0 unspecified atom stereocenters. The molecule has 1 rings (SSSR count). The van der Waals surface area contributed by atoms with Crippen molar-refractivity contribution in [2.24, 2.45) is 5.73 Å². The quantitative estimate of drug-likeness (QED) is 0.634. The van der Waals surface area contributed by atoms with Crippen LogP contribution in [0, 0.1) is 0 Å². The first-order valence-electron chi connectivity index (χ1n) is 4.05. The average molecular weight is 153 g/mol. The lowest BCUT2D eigenvalue weighted by atomic mass is 10.0. The second-order valence-electron chi connectivity index (χ2n) is 2.91. The SMILES string of the molecule is N[C@H](CO)CC1=CCCC=C1. The summed E-state index contributed by atoms with van der Waals surface area (Å²) < 4.78 is 0. The molecule has 0 amide bonds. The van der Waals surface area contributed by atoms with E-state index >= 15 is 0 Å². The molecule has 1 aliphatic carbocycles. The highest BCUT2D eigenvalue weighted by Crippen LogP contribution is 2.13. The zero-order chi connectivity index (χ0) is 8.10. The molecule has 0 aromatic heterocycles. The highest BCUT2D eigenvalue weighted by molar-refractivity contribution is 5.22. The maximum atomic E-state index is 8.69. The summed E-state index contributed by atoms with van der Waals surface area (Å²) in [6.45, 7) is 0.0746. The van der Waals surface area contributed by atoms with Crippen LogP contribution in [0.3, 0.4) is 0 Å². The van der Waals surface area contributed by atoms with Gasteiger partial charge in [-0.1, -0.05) is 23.8 Å². The van der Waals surface area contributed by atoms with Gasteiger partial charge in [-0.05, 0) is 19.3 Å². The van der Waals surface area contributed by atoms with Crippen molar-refractivity contribution in [1.82, 2.24) is 0 Å². The molecule has 0 bridgehead atoms. The molecule has 0 saturated heterocycles. The molecule has 2 heteroatoms. The highest BCUT2D eigenvalue weighted by atomic mass is 16.3. The van der Waals surface area contributed by atoms with Gasteiger partial charge in [-0.15, -0.1) is 0 Å². The first kappa shape index (κ1) is 8.50. The molecule has 1 aliphatic rings. The second-order valence-corrected chi connectivity index (χ2v) is 2.91. The van der Waals surface area contributed by atoms with Crippen molar-refractivity contribution in [1.29, 1.82) is 0 Å². The van der Waals surface area contributed by atoms with Crippen LogP contribution in [0.2, 0.25) is 0 Å². The first-order valence-corrected chi connectivity index (χ1v) is 4.05. The largest absolute Gasteiger partial charge is 0.395 e. The molecule has 1 atom stereocenters. The fourth-order valence-corrected chi connectivity index (χ4v) is 1.19. The summed E-state index contributed by atoms with van der Waals surface area (Å²) in [6, 6.07) is -0.0935. The van der Waals surface area contributed by atoms with E-state index in [1.54, 1.807) is 0 Å². The van der Waals surface area contributed by atoms with Crippen molar-refractivity contribution in [2.75, 3.05) is 6.61 Å². The summed E-state index contributed by atoms with van der Waals surface area (Å²) in [7, 11) is 0. The third-order valence-electron chi connectivity index (χ3n) is 1.80. The molecular weight excluding hydrogens is 138 g/mol. The summed E-state index contributed by atoms with van der Waals surface area (Å²) >= 11 is 0. The molecule has 3 N–H and O–H groups in total. The van der Waals surface area contributed by atoms with Crippen LogP contribution >= 0.6 is 0 Å². The molecular formula is C9H15NO. The molecule has 0 aliphatic heterocycles. The lowest BCUT2D eigenvalue weighted by Crippen LogP contribution is -2.24. The third kappa shape index (κ3) is 2.87. The Morgan fingerprint density at radius 3 is 2.91 bits per heavy atom. The number of hydrogen-bond donors (Lipinski definition) is 2. The maximum Gasteiger partial charge on any atom is 0.0585 e. The van der Waals surface area contributed by atoms with Crippen molar-refractivity contribution in [3.05, 3.63) is 23.8 Å². The molecule has 0 aromatic carbocycles. The fraction of sp³-hybridized carbons (Fsp3) is 0.556. The molecule has 0 saturated carbocycles. The minimum atomic E-state index is -0.0935. The van der Waals surface area contributed by atoms with Crippen molar-refractivity contribution in [3.8, 4) is 0 Å². The maximum absolute atomic E-state index is 8.69. The Balaban J connectivity index is 2.36. The predicted molar refractivity (Wildman–Crippen MR) is 46.1 cm³/mol. The van der Waals surface area contributed by atoms with Crippen LogP contribution in [-0.2, 0) is 0 Å². The van der Waals surface area contributed by atoms with Crippen LogP contribution < -0.4 is 5.73 Å². The Hall–Kier alpha value is -0.600. The number of hydrogen-bond acceptors (Lipinski definition) is 2. The monoisotopic (exact) mass is 153 g/mol. The summed E-state index contributed by atoms with van der Waals surface area (Å²) in [4.78, 5) is 0. The molecule has 11 heavy (non-hydrogen) atoms. The number of rotatable bonds is 3. The van der Waals surface area contributed by atoms with Gasteiger partial charge in [0.25, 0.3) is 0 Å². The zero-order valence-corrected chi connectivity index (χ0v) is 6.66. The summed E-state index contributed by atoms with van der Waals surface area (Å²) in [5, 5.41) is 8.69. The standard InChI is InChI=1S/C9H15NO/c10-9(7-11)6-8-4-2-1-3-5-8/h2,4-5,9,11H,1,3,6-7,10H2/t9-/m0/s1. The number of allylic oxidation sites excluding steroid dienone is 3. The van der Waals surface area contributed by atoms with Crippen LogP contribution in [0.15, 0.2) is 23.8 Å². The van der Waals surface area contributed by atoms with Crippen molar-refractivity contribution >= 4 is 0 Å². The molecule has 0 spiro atoms. The second kappa shape index (κ2) is 4.31. The minimum Gasteiger partial charge on any atom is -0.395 e. The van der Waals surface area contributed by atoms with Gasteiger partial charge in [0.2, 0.25) is 0 Å². The van der Waals surface area contributed by atoms with E-state index in [2.05, 4.69) is 18.2 Å². The Morgan fingerprint density at radius 1 is 1.55 bits per heavy atom. The molecule has 62 valence electrons. The van der Waals surface area contributed by atoms with Gasteiger partial charge in [-0.3, -0.25) is 0 Å². The summed E-state index contributed by atoms with van der Waals surface area (Å²) in [5.41, 5.74) is 6.84. The van der Waals surface area contributed by atoms with Gasteiger partial charge >= 0.3 is 0 Å². The summed E-state index contributed by atoms with van der Waals surface area (Å²) in [6.07, 6.45) is 9.49. The van der Waals surface area contributed by atoms with Gasteiger partial charge in [0.15, 0.2) is 0 Å². The van der Waals surface area contributed by atoms with Crippen LogP contribution in [0.25, 0.3) is 0 Å². The van der Waals surface area contributed by atoms with E-state index in [4.69, 9.17) is 10.8 Å². The molecule has 0 fully saturated rings. The van der Waals surface area contributed by atoms with E-state index < -0.39 is 0 Å². The predicted octanol–water partition coefficient (Wildman–Crippen LogP) is 0.972. The van der Waals surface area contributed by atoms with Crippen LogP contribution in [0.4, 0.5) is 0 Å². The Kier molecular flexibility index (Phi) is 3.33.